The molecule has 0 aromatic heterocycles. The summed E-state index contributed by atoms with van der Waals surface area (Å²) >= 11 is 3.32. The summed E-state index contributed by atoms with van der Waals surface area (Å²) in [5.41, 5.74) is -1.53. The number of fused-ring (bicyclic) bond motifs is 1. The summed E-state index contributed by atoms with van der Waals surface area (Å²) in [6.45, 7) is 2.10. The van der Waals surface area contributed by atoms with Crippen molar-refractivity contribution in [1.82, 2.24) is 0 Å². The fraction of sp³-hybridized carbons (Fsp3) is 0.263. The van der Waals surface area contributed by atoms with E-state index >= 15 is 0 Å². The molecule has 1 heterocycles. The molecule has 2 aromatic carbocycles. The average molecular weight is 449 g/mol. The van der Waals surface area contributed by atoms with Crippen LogP contribution in [0.25, 0.3) is 0 Å². The van der Waals surface area contributed by atoms with Crippen LogP contribution in [0.4, 0.5) is 11.4 Å². The number of ketones is 1. The number of nitro benzene ring substituents is 1. The lowest BCUT2D eigenvalue weighted by molar-refractivity contribution is -0.385. The fourth-order valence-electron chi connectivity index (χ4n) is 3.35. The van der Waals surface area contributed by atoms with E-state index in [0.29, 0.717) is 22.3 Å². The lowest BCUT2D eigenvalue weighted by Gasteiger charge is -2.22. The Morgan fingerprint density at radius 2 is 2.04 bits per heavy atom. The smallest absolute Gasteiger partial charge is 0.311 e. The topological polar surface area (TPSA) is 110 Å². The van der Waals surface area contributed by atoms with Crippen molar-refractivity contribution in [3.8, 4) is 5.75 Å². The number of carbonyl (C=O) groups excluding carboxylic acids is 2. The highest BCUT2D eigenvalue weighted by molar-refractivity contribution is 9.10. The predicted molar refractivity (Wildman–Crippen MR) is 105 cm³/mol. The Morgan fingerprint density at radius 1 is 1.32 bits per heavy atom. The molecule has 0 bridgehead atoms. The zero-order valence-corrected chi connectivity index (χ0v) is 16.7. The number of carbonyl (C=O) groups is 2. The molecule has 1 amide bonds. The van der Waals surface area contributed by atoms with Crippen molar-refractivity contribution in [2.45, 2.75) is 18.9 Å². The lowest BCUT2D eigenvalue weighted by atomic mass is 9.88. The number of hydrogen-bond acceptors (Lipinski definition) is 6. The molecular weight excluding hydrogens is 432 g/mol. The number of methoxy groups -OCH3 is 1. The van der Waals surface area contributed by atoms with Gasteiger partial charge in [0.1, 0.15) is 0 Å². The van der Waals surface area contributed by atoms with Gasteiger partial charge in [-0.3, -0.25) is 19.7 Å². The van der Waals surface area contributed by atoms with Crippen molar-refractivity contribution < 1.29 is 24.4 Å². The van der Waals surface area contributed by atoms with Gasteiger partial charge in [-0.05, 0) is 37.3 Å². The molecule has 0 radical (unpaired) electrons. The maximum atomic E-state index is 12.8. The second-order valence-electron chi connectivity index (χ2n) is 6.31. The summed E-state index contributed by atoms with van der Waals surface area (Å²) in [6.07, 6.45) is -0.532. The van der Waals surface area contributed by atoms with Gasteiger partial charge >= 0.3 is 5.69 Å². The second kappa shape index (κ2) is 7.33. The van der Waals surface area contributed by atoms with Gasteiger partial charge in [0.2, 0.25) is 0 Å². The van der Waals surface area contributed by atoms with Crippen LogP contribution in [-0.4, -0.2) is 35.4 Å². The van der Waals surface area contributed by atoms with Gasteiger partial charge in [-0.1, -0.05) is 15.9 Å². The van der Waals surface area contributed by atoms with E-state index in [1.54, 1.807) is 25.1 Å². The Morgan fingerprint density at radius 3 is 2.64 bits per heavy atom. The second-order valence-corrected chi connectivity index (χ2v) is 7.23. The molecule has 0 saturated heterocycles. The van der Waals surface area contributed by atoms with Gasteiger partial charge < -0.3 is 14.7 Å². The molecule has 1 unspecified atom stereocenters. The molecule has 2 aromatic rings. The predicted octanol–water partition coefficient (Wildman–Crippen LogP) is 3.19. The van der Waals surface area contributed by atoms with Gasteiger partial charge in [-0.2, -0.15) is 0 Å². The molecule has 9 heteroatoms. The van der Waals surface area contributed by atoms with E-state index in [1.165, 1.54) is 24.1 Å². The maximum absolute atomic E-state index is 12.8. The first-order valence-electron chi connectivity index (χ1n) is 8.43. The van der Waals surface area contributed by atoms with Crippen molar-refractivity contribution in [2.75, 3.05) is 18.6 Å². The lowest BCUT2D eigenvalue weighted by Crippen LogP contribution is -2.41. The van der Waals surface area contributed by atoms with Crippen LogP contribution in [-0.2, 0) is 10.4 Å². The number of benzene rings is 2. The van der Waals surface area contributed by atoms with Crippen molar-refractivity contribution in [1.29, 1.82) is 0 Å². The molecule has 1 atom stereocenters. The molecule has 0 fully saturated rings. The van der Waals surface area contributed by atoms with Gasteiger partial charge in [-0.25, -0.2) is 0 Å². The van der Waals surface area contributed by atoms with E-state index in [0.717, 1.165) is 6.07 Å². The Balaban J connectivity index is 2.00. The first-order valence-corrected chi connectivity index (χ1v) is 9.22. The number of rotatable bonds is 6. The highest BCUT2D eigenvalue weighted by Gasteiger charge is 2.50. The van der Waals surface area contributed by atoms with Crippen LogP contribution in [0, 0.1) is 10.1 Å². The zero-order valence-electron chi connectivity index (χ0n) is 15.1. The van der Waals surface area contributed by atoms with Crippen LogP contribution in [0.3, 0.4) is 0 Å². The van der Waals surface area contributed by atoms with Gasteiger partial charge in [0.15, 0.2) is 17.1 Å². The van der Waals surface area contributed by atoms with Crippen LogP contribution in [0.5, 0.6) is 5.75 Å². The Bertz CT molecular complexity index is 992. The number of amides is 1. The molecule has 0 aliphatic carbocycles. The maximum Gasteiger partial charge on any atom is 0.311 e. The third-order valence-corrected chi connectivity index (χ3v) is 5.22. The van der Waals surface area contributed by atoms with E-state index < -0.39 is 28.6 Å². The molecule has 1 N–H and O–H groups in total. The molecule has 146 valence electrons. The van der Waals surface area contributed by atoms with E-state index in [4.69, 9.17) is 4.74 Å². The number of likely N-dealkylation sites (N-methyl/N-ethyl adjacent to an activating group) is 1. The Labute approximate surface area is 169 Å². The SMILES string of the molecule is CCN1C(=O)C(O)(CC(=O)c2ccc(OC)c([N+](=O)[O-])c2)c2cc(Br)ccc21. The normalized spacial score (nSPS) is 18.1. The number of nitro groups is 1. The summed E-state index contributed by atoms with van der Waals surface area (Å²) in [5.74, 6) is -1.17. The number of Topliss-reactive ketones (excluding diaryl/α,β-unsaturated/α-hetero) is 1. The number of hydrogen-bond donors (Lipinski definition) is 1. The first-order chi connectivity index (χ1) is 13.2. The van der Waals surface area contributed by atoms with Crippen molar-refractivity contribution in [3.05, 3.63) is 62.1 Å². The average Bonchev–Trinajstić information content (AvgIpc) is 2.87. The van der Waals surface area contributed by atoms with E-state index in [2.05, 4.69) is 15.9 Å². The first kappa shape index (κ1) is 20.0. The van der Waals surface area contributed by atoms with E-state index in [1.807, 2.05) is 0 Å². The molecule has 28 heavy (non-hydrogen) atoms. The number of aliphatic hydroxyl groups is 1. The van der Waals surface area contributed by atoms with Crippen molar-refractivity contribution in [3.63, 3.8) is 0 Å². The standard InChI is InChI=1S/C19H17BrN2O6/c1-3-21-14-6-5-12(20)9-13(14)19(25,18(21)24)10-16(23)11-4-7-17(28-2)15(8-11)22(26)27/h4-9,25H,3,10H2,1-2H3. The van der Waals surface area contributed by atoms with Crippen molar-refractivity contribution >= 4 is 39.0 Å². The van der Waals surface area contributed by atoms with Gasteiger partial charge in [0.05, 0.1) is 24.1 Å². The Kier molecular flexibility index (Phi) is 5.22. The minimum absolute atomic E-state index is 0.0141. The summed E-state index contributed by atoms with van der Waals surface area (Å²) in [7, 11) is 1.29. The summed E-state index contributed by atoms with van der Waals surface area (Å²) < 4.78 is 5.59. The molecule has 1 aliphatic heterocycles. The summed E-state index contributed by atoms with van der Waals surface area (Å²) in [4.78, 5) is 37.6. The Hall–Kier alpha value is -2.78. The highest BCUT2D eigenvalue weighted by atomic mass is 79.9. The van der Waals surface area contributed by atoms with Gasteiger partial charge in [0.25, 0.3) is 5.91 Å². The van der Waals surface area contributed by atoms with Crippen LogP contribution in [0.2, 0.25) is 0 Å². The highest BCUT2D eigenvalue weighted by Crippen LogP contribution is 2.44. The molecule has 8 nitrogen and oxygen atoms in total. The number of halogens is 1. The minimum Gasteiger partial charge on any atom is -0.490 e. The number of ether oxygens (including phenoxy) is 1. The van der Waals surface area contributed by atoms with Crippen LogP contribution in [0.15, 0.2) is 40.9 Å². The quantitative estimate of drug-likeness (QED) is 0.412. The summed E-state index contributed by atoms with van der Waals surface area (Å²) in [5, 5.41) is 22.4. The van der Waals surface area contributed by atoms with Crippen LogP contribution < -0.4 is 9.64 Å². The molecule has 0 spiro atoms. The third-order valence-electron chi connectivity index (χ3n) is 4.72. The molecule has 3 rings (SSSR count). The molecular formula is C19H17BrN2O6. The third kappa shape index (κ3) is 3.16. The zero-order chi connectivity index (χ0) is 20.6. The van der Waals surface area contributed by atoms with E-state index in [9.17, 15) is 24.8 Å². The van der Waals surface area contributed by atoms with E-state index in [-0.39, 0.29) is 17.0 Å². The van der Waals surface area contributed by atoms with Crippen LogP contribution >= 0.6 is 15.9 Å². The number of nitrogens with zero attached hydrogens (tertiary/aromatic N) is 2. The van der Waals surface area contributed by atoms with Gasteiger partial charge in [-0.15, -0.1) is 0 Å². The minimum atomic E-state index is -2.04. The van der Waals surface area contributed by atoms with Crippen LogP contribution in [0.1, 0.15) is 29.3 Å². The molecule has 1 aliphatic rings. The van der Waals surface area contributed by atoms with Crippen molar-refractivity contribution in [2.24, 2.45) is 0 Å². The van der Waals surface area contributed by atoms with Gasteiger partial charge in [0, 0.05) is 28.2 Å². The molecule has 0 saturated carbocycles. The number of anilines is 1. The fourth-order valence-corrected chi connectivity index (χ4v) is 3.71. The summed E-state index contributed by atoms with van der Waals surface area (Å²) in [6, 6.07) is 8.82. The largest absolute Gasteiger partial charge is 0.490 e. The monoisotopic (exact) mass is 448 g/mol.